The highest BCUT2D eigenvalue weighted by molar-refractivity contribution is 7.90. The molecule has 10 heteroatoms. The molecular weight excluding hydrogens is 542 g/mol. The molecule has 0 radical (unpaired) electrons. The number of carbonyl (C=O) groups is 2. The number of hydrogen-bond acceptors (Lipinski definition) is 6. The molecule has 0 unspecified atom stereocenters. The third kappa shape index (κ3) is 6.22. The number of hydrogen-bond donors (Lipinski definition) is 2. The molecule has 9 nitrogen and oxygen atoms in total. The van der Waals surface area contributed by atoms with Crippen molar-refractivity contribution in [2.45, 2.75) is 49.9 Å². The van der Waals surface area contributed by atoms with Crippen molar-refractivity contribution in [3.05, 3.63) is 89.1 Å². The molecule has 0 atom stereocenters. The summed E-state index contributed by atoms with van der Waals surface area (Å²) in [4.78, 5) is 25.1. The monoisotopic (exact) mass is 582 g/mol. The highest BCUT2D eigenvalue weighted by atomic mass is 32.2. The van der Waals surface area contributed by atoms with Crippen LogP contribution < -0.4 is 14.8 Å². The summed E-state index contributed by atoms with van der Waals surface area (Å²) in [6.45, 7) is -5.26. The van der Waals surface area contributed by atoms with Gasteiger partial charge in [0.05, 0.1) is 13.4 Å². The molecule has 214 valence electrons. The van der Waals surface area contributed by atoms with Crippen LogP contribution >= 0.6 is 0 Å². The highest BCUT2D eigenvalue weighted by Gasteiger charge is 2.22. The third-order valence-electron chi connectivity index (χ3n) is 6.87. The fourth-order valence-corrected chi connectivity index (χ4v) is 5.92. The first kappa shape index (κ1) is 20.5. The highest BCUT2D eigenvalue weighted by Crippen LogP contribution is 2.30. The molecule has 1 fully saturated rings. The Hall–Kier alpha value is -4.31. The fraction of sp³-hybridized carbons (Fsp3) is 0.290. The molecule has 0 spiro atoms. The van der Waals surface area contributed by atoms with Gasteiger partial charge in [0.2, 0.25) is 0 Å². The number of sulfonamides is 1. The van der Waals surface area contributed by atoms with Crippen LogP contribution in [0.2, 0.25) is 0 Å². The Balaban J connectivity index is 1.42. The molecule has 4 aromatic rings. The number of nitrogens with one attached hydrogen (secondary N) is 2. The Morgan fingerprint density at radius 2 is 1.88 bits per heavy atom. The van der Waals surface area contributed by atoms with Crippen molar-refractivity contribution < 1.29 is 37.1 Å². The topological polar surface area (TPSA) is 116 Å². The van der Waals surface area contributed by atoms with Crippen molar-refractivity contribution in [2.75, 3.05) is 12.4 Å². The first-order valence-corrected chi connectivity index (χ1v) is 14.4. The van der Waals surface area contributed by atoms with E-state index in [1.807, 2.05) is 4.72 Å². The average Bonchev–Trinajstić information content (AvgIpc) is 3.59. The summed E-state index contributed by atoms with van der Waals surface area (Å²) < 4.78 is 95.4. The van der Waals surface area contributed by atoms with Gasteiger partial charge in [-0.1, -0.05) is 24.3 Å². The zero-order valence-electron chi connectivity index (χ0n) is 29.2. The fourth-order valence-electron chi connectivity index (χ4n) is 4.84. The van der Waals surface area contributed by atoms with Gasteiger partial charge in [-0.15, -0.1) is 0 Å². The second kappa shape index (κ2) is 11.7. The second-order valence-electron chi connectivity index (χ2n) is 9.65. The Morgan fingerprint density at radius 1 is 1.07 bits per heavy atom. The minimum absolute atomic E-state index is 0.0881. The normalized spacial score (nSPS) is 17.6. The summed E-state index contributed by atoms with van der Waals surface area (Å²) in [7, 11) is -3.21. The molecule has 1 heterocycles. The van der Waals surface area contributed by atoms with Gasteiger partial charge in [-0.2, -0.15) is 0 Å². The quantitative estimate of drug-likeness (QED) is 0.276. The summed E-state index contributed by atoms with van der Waals surface area (Å²) in [6.07, 6.45) is 2.00. The van der Waals surface area contributed by atoms with E-state index in [-0.39, 0.29) is 17.7 Å². The lowest BCUT2D eigenvalue weighted by molar-refractivity contribution is 0.0980. The number of nitrogens with zero attached hydrogens (tertiary/aromatic N) is 1. The number of anilines is 1. The molecule has 1 saturated carbocycles. The van der Waals surface area contributed by atoms with Gasteiger partial charge in [0, 0.05) is 50.0 Å². The van der Waals surface area contributed by atoms with Crippen LogP contribution in [-0.2, 0) is 28.2 Å². The smallest absolute Gasteiger partial charge is 0.411 e. The van der Waals surface area contributed by atoms with Gasteiger partial charge in [-0.25, -0.2) is 17.9 Å². The van der Waals surface area contributed by atoms with Crippen LogP contribution in [0.1, 0.15) is 62.3 Å². The van der Waals surface area contributed by atoms with Gasteiger partial charge in [0.25, 0.3) is 15.9 Å². The van der Waals surface area contributed by atoms with Gasteiger partial charge in [0.1, 0.15) is 11.8 Å². The maximum atomic E-state index is 13.1. The van der Waals surface area contributed by atoms with E-state index in [9.17, 15) is 18.0 Å². The number of ether oxygens (including phenoxy) is 2. The maximum Gasteiger partial charge on any atom is 0.411 e. The predicted octanol–water partition coefficient (Wildman–Crippen LogP) is 5.70. The summed E-state index contributed by atoms with van der Waals surface area (Å²) in [5.74, 6) is -0.818. The van der Waals surface area contributed by atoms with Crippen LogP contribution in [0.4, 0.5) is 10.5 Å². The van der Waals surface area contributed by atoms with E-state index in [2.05, 4.69) is 5.32 Å². The minimum Gasteiger partial charge on any atom is -0.496 e. The Labute approximate surface area is 249 Å². The number of carbonyl (C=O) groups excluding carboxylic acids is 2. The molecule has 0 bridgehead atoms. The zero-order valence-corrected chi connectivity index (χ0v) is 23.0. The van der Waals surface area contributed by atoms with Crippen LogP contribution in [0.25, 0.3) is 10.9 Å². The van der Waals surface area contributed by atoms with E-state index in [0.717, 1.165) is 29.5 Å². The zero-order chi connectivity index (χ0) is 35.1. The first-order chi connectivity index (χ1) is 22.4. The number of benzene rings is 3. The van der Waals surface area contributed by atoms with Crippen molar-refractivity contribution in [1.29, 1.82) is 0 Å². The molecular formula is C31H33N3O6S. The standard InChI is InChI=1S/C31H33N3O6S/c1-20-8-4-7-11-29(20)41(37,38)33-30(35)22-13-12-21(28(17-22)39-3)16-23-19-34(2)27-15-14-24(18-26(23)27)32-31(36)40-25-9-5-6-10-25/h4,7-8,11-15,17-19,25H,5-6,9-10,16H2,1-3H3,(H,32,36)(H,33,35)/i1D3,2D3,25D. The Morgan fingerprint density at radius 3 is 2.63 bits per heavy atom. The van der Waals surface area contributed by atoms with Crippen LogP contribution in [0.5, 0.6) is 5.75 Å². The largest absolute Gasteiger partial charge is 0.496 e. The summed E-state index contributed by atoms with van der Waals surface area (Å²) in [6, 6.07) is 13.9. The number of aryl methyl sites for hydroxylation is 2. The molecule has 1 aliphatic carbocycles. The van der Waals surface area contributed by atoms with Crippen LogP contribution in [0.15, 0.2) is 71.8 Å². The van der Waals surface area contributed by atoms with Crippen molar-refractivity contribution in [3.63, 3.8) is 0 Å². The van der Waals surface area contributed by atoms with Crippen molar-refractivity contribution in [3.8, 4) is 5.75 Å². The maximum absolute atomic E-state index is 13.1. The number of amides is 2. The van der Waals surface area contributed by atoms with Gasteiger partial charge in [-0.3, -0.25) is 10.1 Å². The minimum atomic E-state index is -4.56. The summed E-state index contributed by atoms with van der Waals surface area (Å²) in [5, 5.41) is 3.14. The van der Waals surface area contributed by atoms with E-state index in [1.54, 1.807) is 18.2 Å². The third-order valence-corrected chi connectivity index (χ3v) is 8.25. The number of rotatable bonds is 8. The van der Waals surface area contributed by atoms with Crippen LogP contribution in [0, 0.1) is 6.85 Å². The summed E-state index contributed by atoms with van der Waals surface area (Å²) >= 11 is 0. The van der Waals surface area contributed by atoms with E-state index in [0.29, 0.717) is 40.6 Å². The van der Waals surface area contributed by atoms with E-state index >= 15 is 0 Å². The van der Waals surface area contributed by atoms with Crippen molar-refractivity contribution in [1.82, 2.24) is 9.29 Å². The van der Waals surface area contributed by atoms with E-state index < -0.39 is 52.4 Å². The number of fused-ring (bicyclic) bond motifs is 1. The first-order valence-electron chi connectivity index (χ1n) is 16.4. The predicted molar refractivity (Wildman–Crippen MR) is 157 cm³/mol. The molecule has 2 N–H and O–H groups in total. The molecule has 0 aliphatic heterocycles. The second-order valence-corrected chi connectivity index (χ2v) is 11.3. The van der Waals surface area contributed by atoms with Gasteiger partial charge < -0.3 is 14.0 Å². The van der Waals surface area contributed by atoms with E-state index in [4.69, 9.17) is 19.1 Å². The van der Waals surface area contributed by atoms with Crippen molar-refractivity contribution in [2.24, 2.45) is 6.98 Å². The number of methoxy groups -OCH3 is 1. The molecule has 1 aliphatic rings. The van der Waals surface area contributed by atoms with Gasteiger partial charge >= 0.3 is 6.09 Å². The van der Waals surface area contributed by atoms with Gasteiger partial charge in [0.15, 0.2) is 0 Å². The van der Waals surface area contributed by atoms with Gasteiger partial charge in [-0.05, 0) is 85.6 Å². The van der Waals surface area contributed by atoms with Crippen LogP contribution in [-0.4, -0.2) is 38.2 Å². The SMILES string of the molecule is [2H]C1(OC(=O)Nc2ccc3c(c2)c(Cc2ccc(C(=O)NS(=O)(=O)c4ccccc4C([2H])([2H])[2H])cc2OC)cn3C([2H])([2H])[2H])CCCC1. The summed E-state index contributed by atoms with van der Waals surface area (Å²) in [5.41, 5.74) is 1.26. The molecule has 2 amide bonds. The Kier molecular flexibility index (Phi) is 5.84. The molecule has 5 rings (SSSR count). The lowest BCUT2D eigenvalue weighted by Crippen LogP contribution is -2.31. The Bertz CT molecular complexity index is 1980. The lowest BCUT2D eigenvalue weighted by atomic mass is 10.0. The van der Waals surface area contributed by atoms with Crippen LogP contribution in [0.3, 0.4) is 0 Å². The average molecular weight is 583 g/mol. The van der Waals surface area contributed by atoms with E-state index in [1.165, 1.54) is 43.6 Å². The number of aromatic nitrogens is 1. The lowest BCUT2D eigenvalue weighted by Gasteiger charge is -2.13. The molecule has 41 heavy (non-hydrogen) atoms. The van der Waals surface area contributed by atoms with Crippen molar-refractivity contribution >= 4 is 38.6 Å². The molecule has 1 aromatic heterocycles. The molecule has 0 saturated heterocycles. The molecule has 3 aromatic carbocycles.